The predicted octanol–water partition coefficient (Wildman–Crippen LogP) is 3.81. The van der Waals surface area contributed by atoms with Crippen molar-refractivity contribution in [3.63, 3.8) is 0 Å². The summed E-state index contributed by atoms with van der Waals surface area (Å²) in [5.41, 5.74) is 1.72. The van der Waals surface area contributed by atoms with E-state index in [2.05, 4.69) is 4.98 Å². The van der Waals surface area contributed by atoms with Crippen molar-refractivity contribution in [3.8, 4) is 0 Å². The molecule has 0 aliphatic heterocycles. The fourth-order valence-corrected chi connectivity index (χ4v) is 2.23. The molecule has 2 aromatic carbocycles. The average Bonchev–Trinajstić information content (AvgIpc) is 2.65. The summed E-state index contributed by atoms with van der Waals surface area (Å²) >= 11 is 0. The van der Waals surface area contributed by atoms with Crippen LogP contribution in [0.15, 0.2) is 66.7 Å². The number of aromatic nitrogens is 1. The number of hydrogen-bond acceptors (Lipinski definition) is 4. The molecule has 0 spiro atoms. The zero-order valence-corrected chi connectivity index (χ0v) is 13.2. The third-order valence-electron chi connectivity index (χ3n) is 3.52. The average molecular weight is 335 g/mol. The van der Waals surface area contributed by atoms with E-state index in [9.17, 15) is 14.0 Å². The minimum Gasteiger partial charge on any atom is -0.454 e. The van der Waals surface area contributed by atoms with Crippen molar-refractivity contribution >= 4 is 28.7 Å². The van der Waals surface area contributed by atoms with Gasteiger partial charge in [-0.2, -0.15) is 0 Å². The van der Waals surface area contributed by atoms with E-state index in [0.717, 1.165) is 10.9 Å². The smallest absolute Gasteiger partial charge is 0.331 e. The Morgan fingerprint density at radius 1 is 1.00 bits per heavy atom. The summed E-state index contributed by atoms with van der Waals surface area (Å²) in [6.07, 6.45) is 2.74. The maximum absolute atomic E-state index is 12.8. The van der Waals surface area contributed by atoms with E-state index in [0.29, 0.717) is 5.69 Å². The zero-order chi connectivity index (χ0) is 17.6. The molecular formula is C20H14FNO3. The highest BCUT2D eigenvalue weighted by atomic mass is 19.1. The number of carbonyl (C=O) groups is 2. The SMILES string of the molecule is O=C(/C=C/c1ccc2ccccc2n1)OCC(=O)c1ccc(F)cc1. The van der Waals surface area contributed by atoms with Crippen molar-refractivity contribution in [1.82, 2.24) is 4.98 Å². The molecule has 0 fully saturated rings. The first-order valence-corrected chi connectivity index (χ1v) is 7.61. The lowest BCUT2D eigenvalue weighted by Gasteiger charge is -2.02. The van der Waals surface area contributed by atoms with Crippen LogP contribution < -0.4 is 0 Å². The van der Waals surface area contributed by atoms with Crippen molar-refractivity contribution in [3.05, 3.63) is 83.8 Å². The van der Waals surface area contributed by atoms with Crippen LogP contribution in [0, 0.1) is 5.82 Å². The minimum atomic E-state index is -0.648. The first kappa shape index (κ1) is 16.5. The Morgan fingerprint density at radius 2 is 1.76 bits per heavy atom. The number of nitrogens with zero attached hydrogens (tertiary/aromatic N) is 1. The molecule has 124 valence electrons. The molecule has 1 heterocycles. The van der Waals surface area contributed by atoms with Crippen LogP contribution in [-0.2, 0) is 9.53 Å². The summed E-state index contributed by atoms with van der Waals surface area (Å²) in [6.45, 7) is -0.403. The van der Waals surface area contributed by atoms with E-state index >= 15 is 0 Å². The molecular weight excluding hydrogens is 321 g/mol. The molecule has 0 aliphatic carbocycles. The summed E-state index contributed by atoms with van der Waals surface area (Å²) in [5, 5.41) is 1.01. The maximum atomic E-state index is 12.8. The van der Waals surface area contributed by atoms with Gasteiger partial charge in [0.2, 0.25) is 0 Å². The molecule has 0 saturated heterocycles. The number of esters is 1. The van der Waals surface area contributed by atoms with E-state index < -0.39 is 24.2 Å². The van der Waals surface area contributed by atoms with Crippen LogP contribution in [0.5, 0.6) is 0 Å². The van der Waals surface area contributed by atoms with Crippen LogP contribution in [0.4, 0.5) is 4.39 Å². The van der Waals surface area contributed by atoms with Crippen LogP contribution in [0.1, 0.15) is 16.1 Å². The normalized spacial score (nSPS) is 10.9. The third-order valence-corrected chi connectivity index (χ3v) is 3.52. The Balaban J connectivity index is 1.58. The molecule has 0 atom stereocenters. The molecule has 0 N–H and O–H groups in total. The van der Waals surface area contributed by atoms with Gasteiger partial charge >= 0.3 is 5.97 Å². The number of benzene rings is 2. The predicted molar refractivity (Wildman–Crippen MR) is 92.5 cm³/mol. The lowest BCUT2D eigenvalue weighted by atomic mass is 10.1. The molecule has 1 aromatic heterocycles. The summed E-state index contributed by atoms with van der Waals surface area (Å²) in [4.78, 5) is 28.0. The van der Waals surface area contributed by atoms with Crippen LogP contribution in [0.3, 0.4) is 0 Å². The highest BCUT2D eigenvalue weighted by Crippen LogP contribution is 2.12. The Kier molecular flexibility index (Phi) is 4.95. The fraction of sp³-hybridized carbons (Fsp3) is 0.0500. The maximum Gasteiger partial charge on any atom is 0.331 e. The van der Waals surface area contributed by atoms with Crippen molar-refractivity contribution in [2.45, 2.75) is 0 Å². The van der Waals surface area contributed by atoms with E-state index in [1.807, 2.05) is 30.3 Å². The van der Waals surface area contributed by atoms with Gasteiger partial charge in [-0.15, -0.1) is 0 Å². The van der Waals surface area contributed by atoms with Crippen molar-refractivity contribution in [2.75, 3.05) is 6.61 Å². The van der Waals surface area contributed by atoms with Gasteiger partial charge in [0.25, 0.3) is 0 Å². The number of ether oxygens (including phenoxy) is 1. The van der Waals surface area contributed by atoms with Crippen molar-refractivity contribution in [1.29, 1.82) is 0 Å². The Morgan fingerprint density at radius 3 is 2.56 bits per heavy atom. The Bertz CT molecular complexity index is 949. The molecule has 0 radical (unpaired) electrons. The lowest BCUT2D eigenvalue weighted by molar-refractivity contribution is -0.136. The Hall–Kier alpha value is -3.34. The van der Waals surface area contributed by atoms with Crippen LogP contribution in [0.2, 0.25) is 0 Å². The molecule has 0 aliphatic rings. The third kappa shape index (κ3) is 4.35. The van der Waals surface area contributed by atoms with E-state index in [-0.39, 0.29) is 5.56 Å². The first-order valence-electron chi connectivity index (χ1n) is 7.61. The number of fused-ring (bicyclic) bond motifs is 1. The summed E-state index contributed by atoms with van der Waals surface area (Å²) < 4.78 is 17.7. The minimum absolute atomic E-state index is 0.286. The van der Waals surface area contributed by atoms with Gasteiger partial charge in [0, 0.05) is 17.0 Å². The lowest BCUT2D eigenvalue weighted by Crippen LogP contribution is -2.12. The van der Waals surface area contributed by atoms with Crippen LogP contribution >= 0.6 is 0 Å². The van der Waals surface area contributed by atoms with E-state index in [1.54, 1.807) is 6.07 Å². The summed E-state index contributed by atoms with van der Waals surface area (Å²) in [5.74, 6) is -1.48. The first-order chi connectivity index (χ1) is 12.1. The molecule has 0 saturated carbocycles. The number of carbonyl (C=O) groups excluding carboxylic acids is 2. The van der Waals surface area contributed by atoms with Gasteiger partial charge in [0.1, 0.15) is 5.82 Å². The molecule has 3 aromatic rings. The van der Waals surface area contributed by atoms with Gasteiger partial charge in [-0.05, 0) is 42.5 Å². The molecule has 4 nitrogen and oxygen atoms in total. The number of hydrogen-bond donors (Lipinski definition) is 0. The number of rotatable bonds is 5. The number of halogens is 1. The zero-order valence-electron chi connectivity index (χ0n) is 13.2. The van der Waals surface area contributed by atoms with Gasteiger partial charge in [0.05, 0.1) is 11.2 Å². The number of para-hydroxylation sites is 1. The molecule has 25 heavy (non-hydrogen) atoms. The van der Waals surface area contributed by atoms with Gasteiger partial charge in [0.15, 0.2) is 12.4 Å². The standard InChI is InChI=1S/C20H14FNO3/c21-16-8-5-15(6-9-16)19(23)13-25-20(24)12-11-17-10-7-14-3-1-2-4-18(14)22-17/h1-12H,13H2/b12-11+. The summed E-state index contributed by atoms with van der Waals surface area (Å²) in [6, 6.07) is 16.4. The summed E-state index contributed by atoms with van der Waals surface area (Å²) in [7, 11) is 0. The quantitative estimate of drug-likeness (QED) is 0.404. The Labute approximate surface area is 143 Å². The van der Waals surface area contributed by atoms with Crippen LogP contribution in [-0.4, -0.2) is 23.3 Å². The fourth-order valence-electron chi connectivity index (χ4n) is 2.23. The highest BCUT2D eigenvalue weighted by molar-refractivity contribution is 5.98. The van der Waals surface area contributed by atoms with Crippen molar-refractivity contribution in [2.24, 2.45) is 0 Å². The topological polar surface area (TPSA) is 56.3 Å². The molecule has 3 rings (SSSR count). The second-order valence-corrected chi connectivity index (χ2v) is 5.30. The second-order valence-electron chi connectivity index (χ2n) is 5.30. The van der Waals surface area contributed by atoms with Gasteiger partial charge in [-0.1, -0.05) is 24.3 Å². The molecule has 0 amide bonds. The molecule has 5 heteroatoms. The molecule has 0 bridgehead atoms. The molecule has 0 unspecified atom stereocenters. The number of ketones is 1. The second kappa shape index (κ2) is 7.49. The van der Waals surface area contributed by atoms with Gasteiger partial charge in [-0.25, -0.2) is 14.2 Å². The monoisotopic (exact) mass is 335 g/mol. The van der Waals surface area contributed by atoms with Gasteiger partial charge < -0.3 is 4.74 Å². The largest absolute Gasteiger partial charge is 0.454 e. The number of Topliss-reactive ketones (excluding diaryl/α,β-unsaturated/α-hetero) is 1. The van der Waals surface area contributed by atoms with Gasteiger partial charge in [-0.3, -0.25) is 4.79 Å². The highest BCUT2D eigenvalue weighted by Gasteiger charge is 2.08. The number of pyridine rings is 1. The van der Waals surface area contributed by atoms with Crippen molar-refractivity contribution < 1.29 is 18.7 Å². The van der Waals surface area contributed by atoms with E-state index in [1.165, 1.54) is 36.4 Å². The van der Waals surface area contributed by atoms with E-state index in [4.69, 9.17) is 4.74 Å². The van der Waals surface area contributed by atoms with Crippen LogP contribution in [0.25, 0.3) is 17.0 Å².